The van der Waals surface area contributed by atoms with E-state index in [4.69, 9.17) is 9.47 Å². The van der Waals surface area contributed by atoms with Crippen molar-refractivity contribution in [2.45, 2.75) is 137 Å². The zero-order valence-corrected chi connectivity index (χ0v) is 46.2. The summed E-state index contributed by atoms with van der Waals surface area (Å²) in [4.78, 5) is 0. The number of benzene rings is 8. The Balaban J connectivity index is 0.907. The smallest absolute Gasteiger partial charge is 0.336 e. The fourth-order valence-corrected chi connectivity index (χ4v) is 13.6. The minimum atomic E-state index is -0.163. The molecule has 14 rings (SSSR count). The maximum Gasteiger partial charge on any atom is 0.336 e. The Bertz CT molecular complexity index is 4110. The van der Waals surface area contributed by atoms with Gasteiger partial charge in [-0.1, -0.05) is 157 Å². The molecule has 0 saturated heterocycles. The molecule has 0 fully saturated rings. The molecule has 0 N–H and O–H groups in total. The average Bonchev–Trinajstić information content (AvgIpc) is 4.09. The first-order valence-electron chi connectivity index (χ1n) is 27.9. The summed E-state index contributed by atoms with van der Waals surface area (Å²) in [5.41, 5.74) is 23.3. The van der Waals surface area contributed by atoms with Crippen molar-refractivity contribution in [1.29, 1.82) is 0 Å². The maximum atomic E-state index is 7.31. The second kappa shape index (κ2) is 15.8. The summed E-state index contributed by atoms with van der Waals surface area (Å²) in [6.07, 6.45) is 2.04. The molecule has 4 aliphatic rings. The van der Waals surface area contributed by atoms with E-state index in [0.29, 0.717) is 17.8 Å². The summed E-state index contributed by atoms with van der Waals surface area (Å²) in [6, 6.07) is 51.9. The molecule has 1 atom stereocenters. The Morgan fingerprint density at radius 1 is 0.427 bits per heavy atom. The fourth-order valence-electron chi connectivity index (χ4n) is 13.6. The minimum Gasteiger partial charge on any atom is -0.458 e. The topological polar surface area (TPSA) is 28.3 Å². The van der Waals surface area contributed by atoms with E-state index in [9.17, 15) is 0 Å². The number of hydrogen-bond acceptors (Lipinski definition) is 2. The Hall–Kier alpha value is -6.91. The van der Waals surface area contributed by atoms with Gasteiger partial charge in [0.25, 0.3) is 0 Å². The van der Waals surface area contributed by atoms with E-state index < -0.39 is 0 Å². The fraction of sp³-hybridized carbons (Fsp3) is 0.304. The molecule has 0 radical (unpaired) electrons. The monoisotopic (exact) mass is 979 g/mol. The highest BCUT2D eigenvalue weighted by molar-refractivity contribution is 6.89. The van der Waals surface area contributed by atoms with Crippen LogP contribution in [0, 0.1) is 0 Å². The summed E-state index contributed by atoms with van der Waals surface area (Å²) in [5.74, 6) is 5.02. The molecule has 6 heteroatoms. The molecular weight excluding hydrogens is 910 g/mol. The molecule has 8 aromatic carbocycles. The van der Waals surface area contributed by atoms with E-state index in [1.54, 1.807) is 0 Å². The predicted octanol–water partition coefficient (Wildman–Crippen LogP) is 16.1. The summed E-state index contributed by atoms with van der Waals surface area (Å²) in [5, 5.41) is 5.35. The molecule has 2 aromatic heterocycles. The van der Waals surface area contributed by atoms with Crippen molar-refractivity contribution in [3.63, 3.8) is 0 Å². The molecule has 75 heavy (non-hydrogen) atoms. The van der Waals surface area contributed by atoms with E-state index in [2.05, 4.69) is 232 Å². The van der Waals surface area contributed by atoms with E-state index in [-0.39, 0.29) is 29.9 Å². The molecule has 10 aromatic rings. The van der Waals surface area contributed by atoms with Gasteiger partial charge in [0.2, 0.25) is 0 Å². The SMILES string of the molecule is CC(C)c1ccc2c(c1)c1cc(C(C)C)cc3c1n2B1c2ccc(C(C)(C)C)cc2Oc2cc(C(C)(C)CCC(C)c4cc5c6c(c4)c4ccccc4n6B4c6ccccc6Oc6cc(C(C)(C)C)cc-5c64)cc-3c21. The van der Waals surface area contributed by atoms with Crippen molar-refractivity contribution in [2.24, 2.45) is 0 Å². The number of rotatable bonds is 7. The van der Waals surface area contributed by atoms with E-state index in [0.717, 1.165) is 35.8 Å². The lowest BCUT2D eigenvalue weighted by Gasteiger charge is -2.37. The quantitative estimate of drug-likeness (QED) is 0.149. The number of aromatic nitrogens is 2. The summed E-state index contributed by atoms with van der Waals surface area (Å²) < 4.78 is 19.5. The van der Waals surface area contributed by atoms with Crippen molar-refractivity contribution in [2.75, 3.05) is 0 Å². The highest BCUT2D eigenvalue weighted by Gasteiger charge is 2.45. The number of fused-ring (bicyclic) bond motifs is 14. The van der Waals surface area contributed by atoms with Crippen molar-refractivity contribution in [3.8, 4) is 45.3 Å². The summed E-state index contributed by atoms with van der Waals surface area (Å²) in [6.45, 7) is 30.6. The van der Waals surface area contributed by atoms with Crippen molar-refractivity contribution in [1.82, 2.24) is 8.96 Å². The van der Waals surface area contributed by atoms with Gasteiger partial charge < -0.3 is 18.4 Å². The third kappa shape index (κ3) is 6.76. The van der Waals surface area contributed by atoms with Gasteiger partial charge in [0.1, 0.15) is 23.0 Å². The van der Waals surface area contributed by atoms with Crippen molar-refractivity contribution < 1.29 is 9.47 Å². The molecule has 1 unspecified atom stereocenters. The van der Waals surface area contributed by atoms with Crippen LogP contribution in [-0.2, 0) is 16.2 Å². The molecule has 0 aliphatic carbocycles. The lowest BCUT2D eigenvalue weighted by atomic mass is 9.45. The normalized spacial score (nSPS) is 14.7. The average molecular weight is 979 g/mol. The van der Waals surface area contributed by atoms with Gasteiger partial charge in [-0.15, -0.1) is 0 Å². The van der Waals surface area contributed by atoms with Gasteiger partial charge in [-0.2, -0.15) is 0 Å². The molecule has 0 amide bonds. The third-order valence-corrected chi connectivity index (χ3v) is 18.3. The molecule has 372 valence electrons. The van der Waals surface area contributed by atoms with E-state index in [1.165, 1.54) is 121 Å². The van der Waals surface area contributed by atoms with Gasteiger partial charge in [-0.3, -0.25) is 0 Å². The van der Waals surface area contributed by atoms with Crippen LogP contribution in [0.15, 0.2) is 133 Å². The Kier molecular flexibility index (Phi) is 9.83. The molecule has 4 nitrogen and oxygen atoms in total. The van der Waals surface area contributed by atoms with Crippen LogP contribution in [0.2, 0.25) is 0 Å². The number of hydrogen-bond donors (Lipinski definition) is 0. The van der Waals surface area contributed by atoms with Gasteiger partial charge in [-0.05, 0) is 169 Å². The largest absolute Gasteiger partial charge is 0.458 e. The summed E-state index contributed by atoms with van der Waals surface area (Å²) in [7, 11) is 0. The lowest BCUT2D eigenvalue weighted by molar-refractivity contribution is 0.434. The van der Waals surface area contributed by atoms with Crippen LogP contribution < -0.4 is 31.3 Å². The van der Waals surface area contributed by atoms with Crippen LogP contribution in [0.5, 0.6) is 23.0 Å². The van der Waals surface area contributed by atoms with Gasteiger partial charge in [-0.25, -0.2) is 0 Å². The van der Waals surface area contributed by atoms with Crippen LogP contribution in [0.25, 0.3) is 65.9 Å². The molecule has 4 aliphatic heterocycles. The minimum absolute atomic E-state index is 0.0135. The van der Waals surface area contributed by atoms with E-state index >= 15 is 0 Å². The summed E-state index contributed by atoms with van der Waals surface area (Å²) >= 11 is 0. The first-order valence-corrected chi connectivity index (χ1v) is 27.9. The Morgan fingerprint density at radius 2 is 0.960 bits per heavy atom. The van der Waals surface area contributed by atoms with Gasteiger partial charge in [0, 0.05) is 65.7 Å². The zero-order chi connectivity index (χ0) is 51.9. The highest BCUT2D eigenvalue weighted by Crippen LogP contribution is 2.49. The molecule has 0 bridgehead atoms. The standard InChI is InChI=1S/C69H68B2N2O2/c1-38(2)41-22-25-58-48(28-41)52-29-42(39(3)4)30-53-50-34-46(37-62-64(50)71(73(58)66(52)53)56-24-23-44(67(6,7)8)35-60(56)75-62)69(12,13)27-26-40(5)43-31-51-47-18-14-16-20-57(47)72-65(51)54(32-43)49-33-45(68(9,10)11)36-61-63(49)70(72)55-19-15-17-21-59(55)74-61/h14-25,28-40H,26-27H2,1-13H3. The van der Waals surface area contributed by atoms with Crippen molar-refractivity contribution >= 4 is 79.2 Å². The second-order valence-corrected chi connectivity index (χ2v) is 26.3. The first kappa shape index (κ1) is 46.6. The Morgan fingerprint density at radius 3 is 1.64 bits per heavy atom. The van der Waals surface area contributed by atoms with Crippen LogP contribution in [-0.4, -0.2) is 22.7 Å². The molecule has 0 saturated carbocycles. The zero-order valence-electron chi connectivity index (χ0n) is 46.2. The van der Waals surface area contributed by atoms with Gasteiger partial charge in [0.15, 0.2) is 0 Å². The van der Waals surface area contributed by atoms with Crippen molar-refractivity contribution in [3.05, 3.63) is 167 Å². The van der Waals surface area contributed by atoms with E-state index in [1.807, 2.05) is 0 Å². The third-order valence-electron chi connectivity index (χ3n) is 18.3. The highest BCUT2D eigenvalue weighted by atomic mass is 16.5. The lowest BCUT2D eigenvalue weighted by Crippen LogP contribution is -2.54. The van der Waals surface area contributed by atoms with Crippen LogP contribution in [0.3, 0.4) is 0 Å². The molecule has 0 spiro atoms. The second-order valence-electron chi connectivity index (χ2n) is 26.3. The van der Waals surface area contributed by atoms with Crippen LogP contribution in [0.1, 0.15) is 154 Å². The molecular formula is C69H68B2N2O2. The van der Waals surface area contributed by atoms with Crippen LogP contribution in [0.4, 0.5) is 0 Å². The van der Waals surface area contributed by atoms with Gasteiger partial charge in [0.05, 0.1) is 0 Å². The maximum absolute atomic E-state index is 7.31. The molecule has 6 heterocycles. The predicted molar refractivity (Wildman–Crippen MR) is 320 cm³/mol. The first-order chi connectivity index (χ1) is 35.7. The number of nitrogens with zero attached hydrogens (tertiary/aromatic N) is 2. The van der Waals surface area contributed by atoms with Gasteiger partial charge >= 0.3 is 13.7 Å². The number of para-hydroxylation sites is 2. The Labute approximate surface area is 444 Å². The van der Waals surface area contributed by atoms with Crippen LogP contribution >= 0.6 is 0 Å². The number of ether oxygens (including phenoxy) is 2.